The predicted molar refractivity (Wildman–Crippen MR) is 114 cm³/mol. The summed E-state index contributed by atoms with van der Waals surface area (Å²) in [6.45, 7) is 0.493. The van der Waals surface area contributed by atoms with Gasteiger partial charge in [-0.3, -0.25) is 0 Å². The number of hydrogen-bond donors (Lipinski definition) is 2. The molecule has 1 saturated carbocycles. The van der Waals surface area contributed by atoms with Crippen molar-refractivity contribution in [2.75, 3.05) is 20.1 Å². The zero-order valence-electron chi connectivity index (χ0n) is 18.8. The number of piperidine rings is 1. The molecule has 1 aromatic carbocycles. The van der Waals surface area contributed by atoms with Crippen LogP contribution in [0.3, 0.4) is 0 Å². The molecule has 13 heteroatoms. The molecule has 1 saturated heterocycles. The number of urea groups is 2. The average molecular weight is 499 g/mol. The maximum Gasteiger partial charge on any atom is 0.573 e. The number of carbonyl (C=O) groups is 2. The number of halogens is 4. The van der Waals surface area contributed by atoms with Gasteiger partial charge in [-0.15, -0.1) is 13.2 Å². The van der Waals surface area contributed by atoms with E-state index in [1.54, 1.807) is 16.0 Å². The molecule has 2 N–H and O–H groups in total. The lowest BCUT2D eigenvalue weighted by Gasteiger charge is -2.42. The number of likely N-dealkylation sites (tertiary alicyclic amines) is 1. The number of hydrogen-bond acceptors (Lipinski definition) is 5. The molecule has 1 aromatic heterocycles. The molecule has 0 bridgehead atoms. The molecule has 0 spiro atoms. The summed E-state index contributed by atoms with van der Waals surface area (Å²) in [5.74, 6) is -1.16. The quantitative estimate of drug-likeness (QED) is 0.592. The van der Waals surface area contributed by atoms with Gasteiger partial charge >= 0.3 is 18.4 Å². The van der Waals surface area contributed by atoms with Gasteiger partial charge in [0.05, 0.1) is 12.2 Å². The molecule has 1 unspecified atom stereocenters. The van der Waals surface area contributed by atoms with Crippen LogP contribution in [0.2, 0.25) is 0 Å². The van der Waals surface area contributed by atoms with Crippen LogP contribution in [0.5, 0.6) is 5.75 Å². The minimum atomic E-state index is -4.93. The monoisotopic (exact) mass is 499 g/mol. The Bertz CT molecular complexity index is 1040. The summed E-state index contributed by atoms with van der Waals surface area (Å²) in [5, 5.41) is 5.27. The first-order valence-corrected chi connectivity index (χ1v) is 11.1. The number of aromatic nitrogens is 1. The van der Waals surface area contributed by atoms with E-state index in [4.69, 9.17) is 4.42 Å². The van der Waals surface area contributed by atoms with Crippen molar-refractivity contribution in [1.29, 1.82) is 0 Å². The zero-order valence-corrected chi connectivity index (χ0v) is 18.8. The van der Waals surface area contributed by atoms with Crippen molar-refractivity contribution in [2.24, 2.45) is 0 Å². The first kappa shape index (κ1) is 24.6. The van der Waals surface area contributed by atoms with Gasteiger partial charge in [-0.2, -0.15) is 0 Å². The first-order valence-electron chi connectivity index (χ1n) is 11.1. The Balaban J connectivity index is 1.46. The van der Waals surface area contributed by atoms with Gasteiger partial charge in [0.2, 0.25) is 0 Å². The van der Waals surface area contributed by atoms with Gasteiger partial charge in [-0.1, -0.05) is 6.07 Å². The Morgan fingerprint density at radius 3 is 2.63 bits per heavy atom. The second kappa shape index (κ2) is 10.0. The lowest BCUT2D eigenvalue weighted by molar-refractivity contribution is -0.274. The zero-order chi connectivity index (χ0) is 25.2. The van der Waals surface area contributed by atoms with Crippen molar-refractivity contribution < 1.29 is 36.3 Å². The van der Waals surface area contributed by atoms with Crippen LogP contribution in [0.15, 0.2) is 35.2 Å². The van der Waals surface area contributed by atoms with Gasteiger partial charge in [0.1, 0.15) is 17.3 Å². The van der Waals surface area contributed by atoms with Crippen molar-refractivity contribution >= 4 is 12.1 Å². The molecule has 2 fully saturated rings. The molecule has 2 aromatic rings. The number of ether oxygens (including phenoxy) is 1. The SMILES string of the molecule is CNC(=O)N1CC(c2cnco2)C[C@@H](N(C(=O)NCc2ccc(OC(F)(F)F)cc2F)C2CC2)C1. The summed E-state index contributed by atoms with van der Waals surface area (Å²) < 4.78 is 60.5. The molecule has 2 atom stereocenters. The summed E-state index contributed by atoms with van der Waals surface area (Å²) in [4.78, 5) is 32.8. The van der Waals surface area contributed by atoms with E-state index in [-0.39, 0.29) is 36.1 Å². The summed E-state index contributed by atoms with van der Waals surface area (Å²) >= 11 is 0. The third-order valence-electron chi connectivity index (χ3n) is 6.04. The van der Waals surface area contributed by atoms with Crippen LogP contribution in [0, 0.1) is 5.82 Å². The molecule has 2 heterocycles. The third kappa shape index (κ3) is 6.14. The molecule has 2 aliphatic rings. The number of alkyl halides is 3. The van der Waals surface area contributed by atoms with Crippen LogP contribution in [-0.4, -0.2) is 65.4 Å². The van der Waals surface area contributed by atoms with Crippen LogP contribution in [0.4, 0.5) is 27.2 Å². The van der Waals surface area contributed by atoms with E-state index in [0.717, 1.165) is 25.0 Å². The van der Waals surface area contributed by atoms with E-state index >= 15 is 0 Å². The van der Waals surface area contributed by atoms with E-state index in [1.165, 1.54) is 13.4 Å². The lowest BCUT2D eigenvalue weighted by Crippen LogP contribution is -2.57. The normalized spacial score (nSPS) is 20.3. The van der Waals surface area contributed by atoms with Crippen molar-refractivity contribution in [2.45, 2.75) is 50.2 Å². The van der Waals surface area contributed by atoms with Gasteiger partial charge in [0, 0.05) is 50.3 Å². The first-order chi connectivity index (χ1) is 16.6. The minimum absolute atomic E-state index is 0.0128. The molecule has 35 heavy (non-hydrogen) atoms. The molecule has 9 nitrogen and oxygen atoms in total. The van der Waals surface area contributed by atoms with E-state index in [1.807, 2.05) is 0 Å². The number of rotatable bonds is 6. The molecule has 4 amide bonds. The molecule has 1 aliphatic heterocycles. The maximum absolute atomic E-state index is 14.3. The summed E-state index contributed by atoms with van der Waals surface area (Å²) in [5.41, 5.74) is 0.0128. The van der Waals surface area contributed by atoms with Crippen molar-refractivity contribution in [3.63, 3.8) is 0 Å². The van der Waals surface area contributed by atoms with Gasteiger partial charge in [-0.25, -0.2) is 19.0 Å². The highest BCUT2D eigenvalue weighted by Crippen LogP contribution is 2.35. The fraction of sp³-hybridized carbons (Fsp3) is 0.500. The number of oxazole rings is 1. The highest BCUT2D eigenvalue weighted by Gasteiger charge is 2.42. The average Bonchev–Trinajstić information content (AvgIpc) is 3.47. The van der Waals surface area contributed by atoms with Crippen LogP contribution in [0.1, 0.15) is 36.5 Å². The molecule has 4 rings (SSSR count). The maximum atomic E-state index is 14.3. The molecule has 0 radical (unpaired) electrons. The summed E-state index contributed by atoms with van der Waals surface area (Å²) in [7, 11) is 1.53. The van der Waals surface area contributed by atoms with Gasteiger partial charge in [0.25, 0.3) is 0 Å². The second-order valence-corrected chi connectivity index (χ2v) is 8.55. The Kier molecular flexibility index (Phi) is 7.03. The fourth-order valence-corrected chi connectivity index (χ4v) is 4.34. The Morgan fingerprint density at radius 1 is 1.26 bits per heavy atom. The van der Waals surface area contributed by atoms with Gasteiger partial charge < -0.3 is 29.6 Å². The Morgan fingerprint density at radius 2 is 2.03 bits per heavy atom. The minimum Gasteiger partial charge on any atom is -0.448 e. The van der Waals surface area contributed by atoms with Gasteiger partial charge in [0.15, 0.2) is 6.39 Å². The topological polar surface area (TPSA) is 99.9 Å². The fourth-order valence-electron chi connectivity index (χ4n) is 4.34. The van der Waals surface area contributed by atoms with Gasteiger partial charge in [-0.05, 0) is 25.3 Å². The summed E-state index contributed by atoms with van der Waals surface area (Å²) in [6, 6.07) is 1.68. The highest BCUT2D eigenvalue weighted by atomic mass is 19.4. The summed E-state index contributed by atoms with van der Waals surface area (Å²) in [6.07, 6.45) is 0.118. The van der Waals surface area contributed by atoms with E-state index in [0.29, 0.717) is 31.3 Å². The van der Waals surface area contributed by atoms with E-state index < -0.39 is 24.0 Å². The number of benzene rings is 1. The van der Waals surface area contributed by atoms with Crippen LogP contribution in [-0.2, 0) is 6.54 Å². The molecular formula is C22H25F4N5O4. The van der Waals surface area contributed by atoms with E-state index in [9.17, 15) is 27.2 Å². The Hall–Kier alpha value is -3.51. The number of nitrogens with one attached hydrogen (secondary N) is 2. The third-order valence-corrected chi connectivity index (χ3v) is 6.04. The number of amides is 4. The lowest BCUT2D eigenvalue weighted by atomic mass is 9.91. The van der Waals surface area contributed by atoms with Crippen LogP contribution in [0.25, 0.3) is 0 Å². The highest BCUT2D eigenvalue weighted by molar-refractivity contribution is 5.76. The Labute approximate surface area is 198 Å². The van der Waals surface area contributed by atoms with Crippen molar-refractivity contribution in [3.05, 3.63) is 47.9 Å². The van der Waals surface area contributed by atoms with Crippen molar-refractivity contribution in [1.82, 2.24) is 25.4 Å². The predicted octanol–water partition coefficient (Wildman–Crippen LogP) is 3.58. The number of carbonyl (C=O) groups excluding carboxylic acids is 2. The second-order valence-electron chi connectivity index (χ2n) is 8.55. The largest absolute Gasteiger partial charge is 0.573 e. The van der Waals surface area contributed by atoms with Crippen LogP contribution < -0.4 is 15.4 Å². The van der Waals surface area contributed by atoms with E-state index in [2.05, 4.69) is 20.4 Å². The smallest absolute Gasteiger partial charge is 0.448 e. The number of nitrogens with zero attached hydrogens (tertiary/aromatic N) is 3. The molecule has 190 valence electrons. The standard InChI is InChI=1S/C22H25F4N5O4/c1-27-20(32)30-10-14(19-9-28-12-34-19)6-16(11-30)31(15-3-4-15)21(33)29-8-13-2-5-17(7-18(13)23)35-22(24,25)26/h2,5,7,9,12,14-16H,3-4,6,8,10-11H2,1H3,(H,27,32)(H,29,33)/t14?,16-/m1/s1. The molecular weight excluding hydrogens is 474 g/mol. The molecule has 1 aliphatic carbocycles. The van der Waals surface area contributed by atoms with Crippen LogP contribution >= 0.6 is 0 Å². The van der Waals surface area contributed by atoms with Crippen molar-refractivity contribution in [3.8, 4) is 5.75 Å².